The molecule has 0 aliphatic carbocycles. The van der Waals surface area contributed by atoms with Gasteiger partial charge in [-0.05, 0) is 49.6 Å². The van der Waals surface area contributed by atoms with E-state index in [4.69, 9.17) is 4.74 Å². The Morgan fingerprint density at radius 1 is 1.29 bits per heavy atom. The zero-order valence-corrected chi connectivity index (χ0v) is 16.9. The lowest BCUT2D eigenvalue weighted by Gasteiger charge is -2.24. The number of amides is 1. The van der Waals surface area contributed by atoms with Crippen LogP contribution in [0.4, 0.5) is 10.5 Å². The second-order valence-electron chi connectivity index (χ2n) is 7.36. The summed E-state index contributed by atoms with van der Waals surface area (Å²) in [7, 11) is 1.52. The number of hydrogen-bond donors (Lipinski definition) is 1. The summed E-state index contributed by atoms with van der Waals surface area (Å²) >= 11 is 0. The molecule has 1 amide bonds. The molecule has 10 nitrogen and oxygen atoms in total. The normalized spacial score (nSPS) is 15.9. The fourth-order valence-corrected chi connectivity index (χ4v) is 4.03. The molecule has 0 bridgehead atoms. The molecule has 1 unspecified atom stereocenters. The number of ether oxygens (including phenoxy) is 1. The molecule has 0 radical (unpaired) electrons. The number of likely N-dealkylation sites (tertiary alicyclic amines) is 1. The van der Waals surface area contributed by atoms with E-state index >= 15 is 0 Å². The first kappa shape index (κ1) is 20.3. The van der Waals surface area contributed by atoms with Crippen LogP contribution >= 0.6 is 0 Å². The van der Waals surface area contributed by atoms with Crippen molar-refractivity contribution < 1.29 is 19.6 Å². The summed E-state index contributed by atoms with van der Waals surface area (Å²) in [6, 6.07) is 8.66. The van der Waals surface area contributed by atoms with Gasteiger partial charge in [-0.3, -0.25) is 24.4 Å². The zero-order chi connectivity index (χ0) is 22.3. The number of aromatic nitrogens is 2. The number of fused-ring (bicyclic) bond motifs is 1. The minimum Gasteiger partial charge on any atom is -0.497 e. The average molecular weight is 424 g/mol. The Balaban J connectivity index is 2.05. The molecule has 1 N–H and O–H groups in total. The van der Waals surface area contributed by atoms with Gasteiger partial charge in [0, 0.05) is 18.7 Å². The van der Waals surface area contributed by atoms with Gasteiger partial charge in [0.1, 0.15) is 11.6 Å². The van der Waals surface area contributed by atoms with Gasteiger partial charge in [0.2, 0.25) is 0 Å². The van der Waals surface area contributed by atoms with Crippen LogP contribution in [0.5, 0.6) is 5.75 Å². The van der Waals surface area contributed by atoms with Crippen molar-refractivity contribution in [2.45, 2.75) is 25.8 Å². The number of non-ortho nitro benzene ring substituents is 1. The topological polar surface area (TPSA) is 128 Å². The highest BCUT2D eigenvalue weighted by Crippen LogP contribution is 2.33. The number of carboxylic acid groups (broad SMARTS) is 1. The van der Waals surface area contributed by atoms with Crippen LogP contribution in [-0.4, -0.2) is 44.2 Å². The Bertz CT molecular complexity index is 1250. The monoisotopic (exact) mass is 424 g/mol. The Morgan fingerprint density at radius 3 is 2.61 bits per heavy atom. The van der Waals surface area contributed by atoms with Gasteiger partial charge < -0.3 is 9.84 Å². The molecule has 1 saturated heterocycles. The second-order valence-corrected chi connectivity index (χ2v) is 7.36. The van der Waals surface area contributed by atoms with Crippen LogP contribution < -0.4 is 10.3 Å². The predicted molar refractivity (Wildman–Crippen MR) is 112 cm³/mol. The molecule has 1 aliphatic heterocycles. The largest absolute Gasteiger partial charge is 0.497 e. The van der Waals surface area contributed by atoms with Crippen LogP contribution in [-0.2, 0) is 0 Å². The van der Waals surface area contributed by atoms with Crippen molar-refractivity contribution in [2.24, 2.45) is 0 Å². The van der Waals surface area contributed by atoms with E-state index in [0.29, 0.717) is 47.7 Å². The highest BCUT2D eigenvalue weighted by atomic mass is 16.6. The van der Waals surface area contributed by atoms with E-state index < -0.39 is 22.6 Å². The predicted octanol–water partition coefficient (Wildman–Crippen LogP) is 3.43. The molecule has 2 aromatic carbocycles. The Labute approximate surface area is 176 Å². The van der Waals surface area contributed by atoms with Crippen molar-refractivity contribution >= 4 is 22.7 Å². The van der Waals surface area contributed by atoms with Crippen LogP contribution in [0.3, 0.4) is 0 Å². The van der Waals surface area contributed by atoms with Crippen molar-refractivity contribution in [1.82, 2.24) is 14.5 Å². The Kier molecular flexibility index (Phi) is 5.05. The molecule has 160 valence electrons. The van der Waals surface area contributed by atoms with Crippen LogP contribution in [0, 0.1) is 17.0 Å². The van der Waals surface area contributed by atoms with Crippen molar-refractivity contribution in [3.63, 3.8) is 0 Å². The minimum atomic E-state index is -1.08. The third-order valence-corrected chi connectivity index (χ3v) is 5.51. The van der Waals surface area contributed by atoms with Crippen LogP contribution in [0.2, 0.25) is 0 Å². The maximum atomic E-state index is 13.6. The van der Waals surface area contributed by atoms with Gasteiger partial charge in [-0.2, -0.15) is 0 Å². The summed E-state index contributed by atoms with van der Waals surface area (Å²) < 4.78 is 6.52. The standard InChI is InChI=1S/C21H20N4O6/c1-12-10-14(25(29)30)11-16-18(12)22-19(17-4-3-9-23(17)21(27)28)24(20(16)26)13-5-7-15(31-2)8-6-13/h5-8,10-11,17H,3-4,9H2,1-2H3,(H,27,28). The summed E-state index contributed by atoms with van der Waals surface area (Å²) in [6.07, 6.45) is 0.0812. The van der Waals surface area contributed by atoms with E-state index in [0.717, 1.165) is 0 Å². The Hall–Kier alpha value is -3.95. The van der Waals surface area contributed by atoms with E-state index in [1.807, 2.05) is 0 Å². The van der Waals surface area contributed by atoms with Crippen molar-refractivity contribution in [1.29, 1.82) is 0 Å². The lowest BCUT2D eigenvalue weighted by molar-refractivity contribution is -0.384. The quantitative estimate of drug-likeness (QED) is 0.502. The number of hydrogen-bond acceptors (Lipinski definition) is 6. The number of nitrogens with zero attached hydrogens (tertiary/aromatic N) is 4. The van der Waals surface area contributed by atoms with E-state index in [9.17, 15) is 24.8 Å². The van der Waals surface area contributed by atoms with Gasteiger partial charge in [0.25, 0.3) is 11.2 Å². The zero-order valence-electron chi connectivity index (χ0n) is 16.9. The molecular weight excluding hydrogens is 404 g/mol. The van der Waals surface area contributed by atoms with Gasteiger partial charge in [0.15, 0.2) is 0 Å². The minimum absolute atomic E-state index is 0.103. The number of benzene rings is 2. The molecule has 10 heteroatoms. The molecule has 0 spiro atoms. The van der Waals surface area contributed by atoms with Crippen LogP contribution in [0.25, 0.3) is 16.6 Å². The summed E-state index contributed by atoms with van der Waals surface area (Å²) in [5, 5.41) is 21.0. The van der Waals surface area contributed by atoms with Gasteiger partial charge in [-0.15, -0.1) is 0 Å². The number of carbonyl (C=O) groups is 1. The number of nitro groups is 1. The van der Waals surface area contributed by atoms with Crippen molar-refractivity contribution in [2.75, 3.05) is 13.7 Å². The molecule has 1 fully saturated rings. The van der Waals surface area contributed by atoms with E-state index in [1.165, 1.54) is 28.7 Å². The van der Waals surface area contributed by atoms with Crippen molar-refractivity contribution in [3.05, 3.63) is 68.3 Å². The molecule has 1 aromatic heterocycles. The summed E-state index contributed by atoms with van der Waals surface area (Å²) in [6.45, 7) is 1.99. The highest BCUT2D eigenvalue weighted by Gasteiger charge is 2.34. The summed E-state index contributed by atoms with van der Waals surface area (Å²) in [5.41, 5.74) is 0.577. The molecule has 1 aliphatic rings. The first-order valence-corrected chi connectivity index (χ1v) is 9.67. The van der Waals surface area contributed by atoms with Gasteiger partial charge in [-0.25, -0.2) is 9.78 Å². The van der Waals surface area contributed by atoms with Gasteiger partial charge in [0.05, 0.1) is 34.7 Å². The number of rotatable bonds is 4. The van der Waals surface area contributed by atoms with E-state index in [2.05, 4.69) is 4.98 Å². The van der Waals surface area contributed by atoms with E-state index in [1.54, 1.807) is 31.2 Å². The number of nitro benzene ring substituents is 1. The third-order valence-electron chi connectivity index (χ3n) is 5.51. The van der Waals surface area contributed by atoms with Gasteiger partial charge >= 0.3 is 6.09 Å². The fraction of sp³-hybridized carbons (Fsp3) is 0.286. The van der Waals surface area contributed by atoms with E-state index in [-0.39, 0.29) is 11.1 Å². The average Bonchev–Trinajstić information content (AvgIpc) is 3.24. The smallest absolute Gasteiger partial charge is 0.407 e. The SMILES string of the molecule is COc1ccc(-n2c(C3CCCN3C(=O)O)nc3c(C)cc([N+](=O)[O-])cc3c2=O)cc1. The lowest BCUT2D eigenvalue weighted by atomic mass is 10.1. The van der Waals surface area contributed by atoms with Gasteiger partial charge in [-0.1, -0.05) is 0 Å². The first-order valence-electron chi connectivity index (χ1n) is 9.67. The maximum absolute atomic E-state index is 13.6. The lowest BCUT2D eigenvalue weighted by Crippen LogP contribution is -2.34. The Morgan fingerprint density at radius 2 is 2.00 bits per heavy atom. The highest BCUT2D eigenvalue weighted by molar-refractivity contribution is 5.84. The molecule has 31 heavy (non-hydrogen) atoms. The second kappa shape index (κ2) is 7.71. The molecule has 2 heterocycles. The summed E-state index contributed by atoms with van der Waals surface area (Å²) in [4.78, 5) is 42.0. The number of aryl methyl sites for hydroxylation is 1. The van der Waals surface area contributed by atoms with Crippen molar-refractivity contribution in [3.8, 4) is 11.4 Å². The maximum Gasteiger partial charge on any atom is 0.407 e. The number of methoxy groups -OCH3 is 1. The third kappa shape index (κ3) is 3.45. The van der Waals surface area contributed by atoms with Crippen LogP contribution in [0.1, 0.15) is 30.3 Å². The fourth-order valence-electron chi connectivity index (χ4n) is 4.03. The molecule has 4 rings (SSSR count). The molecule has 0 saturated carbocycles. The summed E-state index contributed by atoms with van der Waals surface area (Å²) in [5.74, 6) is 0.881. The molecular formula is C21H20N4O6. The first-order chi connectivity index (χ1) is 14.8. The molecule has 1 atom stereocenters. The molecule has 3 aromatic rings. The van der Waals surface area contributed by atoms with Crippen LogP contribution in [0.15, 0.2) is 41.2 Å².